The van der Waals surface area contributed by atoms with Crippen molar-refractivity contribution in [2.75, 3.05) is 11.9 Å². The molecule has 0 saturated heterocycles. The Morgan fingerprint density at radius 3 is 3.07 bits per heavy atom. The van der Waals surface area contributed by atoms with Crippen molar-refractivity contribution < 1.29 is 4.79 Å². The number of carbonyl (C=O) groups excluding carboxylic acids is 1. The van der Waals surface area contributed by atoms with Gasteiger partial charge in [-0.3, -0.25) is 4.79 Å². The highest BCUT2D eigenvalue weighted by atomic mass is 16.1. The number of primary amides is 1. The molecule has 14 heavy (non-hydrogen) atoms. The van der Waals surface area contributed by atoms with E-state index in [1.54, 1.807) is 0 Å². The summed E-state index contributed by atoms with van der Waals surface area (Å²) in [5, 5.41) is 3.32. The smallest absolute Gasteiger partial charge is 0.217 e. The molecule has 3 nitrogen and oxygen atoms in total. The van der Waals surface area contributed by atoms with Gasteiger partial charge in [0.1, 0.15) is 0 Å². The van der Waals surface area contributed by atoms with E-state index in [1.807, 2.05) is 12.1 Å². The number of rotatable bonds is 3. The maximum absolute atomic E-state index is 10.7. The first-order valence-corrected chi connectivity index (χ1v) is 4.88. The van der Waals surface area contributed by atoms with Gasteiger partial charge in [-0.05, 0) is 18.1 Å². The van der Waals surface area contributed by atoms with Crippen LogP contribution in [0.4, 0.5) is 5.69 Å². The molecule has 0 aromatic heterocycles. The molecule has 1 aromatic carbocycles. The zero-order chi connectivity index (χ0) is 9.97. The van der Waals surface area contributed by atoms with E-state index in [0.29, 0.717) is 12.3 Å². The minimum Gasteiger partial charge on any atom is -0.384 e. The number of para-hydroxylation sites is 1. The van der Waals surface area contributed by atoms with Crippen LogP contribution in [0.15, 0.2) is 24.3 Å². The summed E-state index contributed by atoms with van der Waals surface area (Å²) in [6, 6.07) is 8.23. The third-order valence-electron chi connectivity index (χ3n) is 2.68. The van der Waals surface area contributed by atoms with Gasteiger partial charge >= 0.3 is 0 Å². The lowest BCUT2D eigenvalue weighted by molar-refractivity contribution is -0.118. The first kappa shape index (κ1) is 9.06. The van der Waals surface area contributed by atoms with E-state index in [4.69, 9.17) is 5.73 Å². The molecule has 3 heteroatoms. The molecule has 1 aromatic rings. The van der Waals surface area contributed by atoms with Gasteiger partial charge in [0, 0.05) is 24.6 Å². The van der Waals surface area contributed by atoms with Gasteiger partial charge in [0.05, 0.1) is 0 Å². The number of hydrogen-bond donors (Lipinski definition) is 2. The van der Waals surface area contributed by atoms with Gasteiger partial charge in [0.15, 0.2) is 0 Å². The molecular weight excluding hydrogens is 176 g/mol. The summed E-state index contributed by atoms with van der Waals surface area (Å²) < 4.78 is 0. The molecule has 0 radical (unpaired) electrons. The summed E-state index contributed by atoms with van der Waals surface area (Å²) in [5.74, 6) is 0.230. The largest absolute Gasteiger partial charge is 0.384 e. The molecule has 1 aliphatic heterocycles. The molecular formula is C11H14N2O. The number of benzene rings is 1. The Morgan fingerprint density at radius 2 is 2.29 bits per heavy atom. The summed E-state index contributed by atoms with van der Waals surface area (Å²) >= 11 is 0. The second kappa shape index (κ2) is 3.70. The molecule has 2 rings (SSSR count). The van der Waals surface area contributed by atoms with Crippen molar-refractivity contribution in [2.24, 2.45) is 5.73 Å². The minimum atomic E-state index is -0.214. The first-order chi connectivity index (χ1) is 6.77. The molecule has 0 fully saturated rings. The van der Waals surface area contributed by atoms with Gasteiger partial charge in [-0.25, -0.2) is 0 Å². The van der Waals surface area contributed by atoms with Crippen LogP contribution in [-0.2, 0) is 4.79 Å². The van der Waals surface area contributed by atoms with Crippen molar-refractivity contribution in [3.05, 3.63) is 29.8 Å². The minimum absolute atomic E-state index is 0.214. The van der Waals surface area contributed by atoms with E-state index in [9.17, 15) is 4.79 Å². The van der Waals surface area contributed by atoms with Crippen LogP contribution in [0.1, 0.15) is 24.3 Å². The van der Waals surface area contributed by atoms with Gasteiger partial charge < -0.3 is 11.1 Å². The molecule has 1 amide bonds. The highest BCUT2D eigenvalue weighted by Crippen LogP contribution is 2.33. The molecule has 0 unspecified atom stereocenters. The average molecular weight is 190 g/mol. The van der Waals surface area contributed by atoms with Gasteiger partial charge in [-0.2, -0.15) is 0 Å². The standard InChI is InChI=1S/C11H14N2O/c12-11(14)6-5-8-7-13-10-4-2-1-3-9(8)10/h1-4,8,13H,5-7H2,(H2,12,14)/t8-/m0/s1. The van der Waals surface area contributed by atoms with Crippen LogP contribution in [0, 0.1) is 0 Å². The number of nitrogens with two attached hydrogens (primary N) is 1. The predicted molar refractivity (Wildman–Crippen MR) is 56.1 cm³/mol. The second-order valence-electron chi connectivity index (χ2n) is 3.67. The molecule has 1 heterocycles. The maximum Gasteiger partial charge on any atom is 0.217 e. The summed E-state index contributed by atoms with van der Waals surface area (Å²) in [7, 11) is 0. The molecule has 3 N–H and O–H groups in total. The number of nitrogens with one attached hydrogen (secondary N) is 1. The van der Waals surface area contributed by atoms with E-state index >= 15 is 0 Å². The quantitative estimate of drug-likeness (QED) is 0.758. The van der Waals surface area contributed by atoms with Crippen molar-refractivity contribution in [1.82, 2.24) is 0 Å². The highest BCUT2D eigenvalue weighted by molar-refractivity contribution is 5.74. The van der Waals surface area contributed by atoms with E-state index in [0.717, 1.165) is 13.0 Å². The van der Waals surface area contributed by atoms with Gasteiger partial charge in [-0.1, -0.05) is 18.2 Å². The van der Waals surface area contributed by atoms with Crippen molar-refractivity contribution in [1.29, 1.82) is 0 Å². The van der Waals surface area contributed by atoms with E-state index < -0.39 is 0 Å². The van der Waals surface area contributed by atoms with Gasteiger partial charge in [0.2, 0.25) is 5.91 Å². The van der Waals surface area contributed by atoms with E-state index in [2.05, 4.69) is 17.4 Å². The summed E-state index contributed by atoms with van der Waals surface area (Å²) in [6.07, 6.45) is 1.32. The third-order valence-corrected chi connectivity index (χ3v) is 2.68. The topological polar surface area (TPSA) is 55.1 Å². The average Bonchev–Trinajstić information content (AvgIpc) is 2.58. The Morgan fingerprint density at radius 1 is 1.50 bits per heavy atom. The lowest BCUT2D eigenvalue weighted by Gasteiger charge is -2.07. The first-order valence-electron chi connectivity index (χ1n) is 4.88. The summed E-state index contributed by atoms with van der Waals surface area (Å²) in [6.45, 7) is 0.923. The molecule has 0 spiro atoms. The lowest BCUT2D eigenvalue weighted by Crippen LogP contribution is -2.12. The SMILES string of the molecule is NC(=O)CC[C@H]1CNc2ccccc21. The molecule has 74 valence electrons. The molecule has 1 aliphatic rings. The van der Waals surface area contributed by atoms with E-state index in [1.165, 1.54) is 11.3 Å². The Balaban J connectivity index is 2.07. The monoisotopic (exact) mass is 190 g/mol. The van der Waals surface area contributed by atoms with E-state index in [-0.39, 0.29) is 5.91 Å². The Kier molecular flexibility index (Phi) is 2.39. The number of anilines is 1. The fourth-order valence-electron chi connectivity index (χ4n) is 1.93. The molecule has 0 aliphatic carbocycles. The zero-order valence-electron chi connectivity index (χ0n) is 7.99. The Bertz CT molecular complexity index is 349. The number of fused-ring (bicyclic) bond motifs is 1. The maximum atomic E-state index is 10.7. The molecule has 0 bridgehead atoms. The normalized spacial score (nSPS) is 18.7. The summed E-state index contributed by atoms with van der Waals surface area (Å²) in [5.41, 5.74) is 7.64. The van der Waals surface area contributed by atoms with Crippen LogP contribution in [0.2, 0.25) is 0 Å². The third kappa shape index (κ3) is 1.71. The van der Waals surface area contributed by atoms with Crippen LogP contribution in [0.5, 0.6) is 0 Å². The summed E-state index contributed by atoms with van der Waals surface area (Å²) in [4.78, 5) is 10.7. The predicted octanol–water partition coefficient (Wildman–Crippen LogP) is 1.46. The van der Waals surface area contributed by atoms with Gasteiger partial charge in [-0.15, -0.1) is 0 Å². The number of hydrogen-bond acceptors (Lipinski definition) is 2. The number of amides is 1. The number of carbonyl (C=O) groups is 1. The fourth-order valence-corrected chi connectivity index (χ4v) is 1.93. The molecule has 0 saturated carbocycles. The Labute approximate surface area is 83.3 Å². The van der Waals surface area contributed by atoms with Crippen molar-refractivity contribution >= 4 is 11.6 Å². The van der Waals surface area contributed by atoms with Crippen molar-refractivity contribution in [2.45, 2.75) is 18.8 Å². The van der Waals surface area contributed by atoms with Crippen molar-refractivity contribution in [3.63, 3.8) is 0 Å². The fraction of sp³-hybridized carbons (Fsp3) is 0.364. The van der Waals surface area contributed by atoms with Crippen LogP contribution in [0.3, 0.4) is 0 Å². The van der Waals surface area contributed by atoms with Gasteiger partial charge in [0.25, 0.3) is 0 Å². The van der Waals surface area contributed by atoms with Crippen LogP contribution < -0.4 is 11.1 Å². The van der Waals surface area contributed by atoms with Crippen LogP contribution >= 0.6 is 0 Å². The van der Waals surface area contributed by atoms with Crippen LogP contribution in [-0.4, -0.2) is 12.5 Å². The molecule has 1 atom stereocenters. The van der Waals surface area contributed by atoms with Crippen LogP contribution in [0.25, 0.3) is 0 Å². The zero-order valence-corrected chi connectivity index (χ0v) is 7.99. The van der Waals surface area contributed by atoms with Crippen molar-refractivity contribution in [3.8, 4) is 0 Å². The Hall–Kier alpha value is -1.51. The lowest BCUT2D eigenvalue weighted by atomic mass is 9.96. The second-order valence-corrected chi connectivity index (χ2v) is 3.67. The highest BCUT2D eigenvalue weighted by Gasteiger charge is 2.21.